The first kappa shape index (κ1) is 13.9. The van der Waals surface area contributed by atoms with Gasteiger partial charge in [0.1, 0.15) is 6.04 Å². The molecule has 0 saturated heterocycles. The van der Waals surface area contributed by atoms with Crippen LogP contribution >= 0.6 is 0 Å². The minimum atomic E-state index is -1.05. The van der Waals surface area contributed by atoms with Crippen molar-refractivity contribution in [1.29, 1.82) is 0 Å². The molecule has 0 aromatic rings. The van der Waals surface area contributed by atoms with Gasteiger partial charge in [0, 0.05) is 6.54 Å². The summed E-state index contributed by atoms with van der Waals surface area (Å²) < 4.78 is 0. The Hall–Kier alpha value is -1.14. The molecule has 2 atom stereocenters. The smallest absolute Gasteiger partial charge is 0.326 e. The molecule has 0 fully saturated rings. The Bertz CT molecular complexity index is 231. The molecule has 6 heteroatoms. The highest BCUT2D eigenvalue weighted by atomic mass is 16.4. The molecule has 0 aliphatic heterocycles. The van der Waals surface area contributed by atoms with Gasteiger partial charge in [-0.1, -0.05) is 13.8 Å². The molecule has 15 heavy (non-hydrogen) atoms. The summed E-state index contributed by atoms with van der Waals surface area (Å²) in [4.78, 5) is 22.1. The Morgan fingerprint density at radius 3 is 2.27 bits per heavy atom. The predicted octanol–water partition coefficient (Wildman–Crippen LogP) is -1.11. The Morgan fingerprint density at radius 2 is 1.93 bits per heavy atom. The highest BCUT2D eigenvalue weighted by molar-refractivity contribution is 5.86. The first-order chi connectivity index (χ1) is 6.88. The molecule has 0 rings (SSSR count). The lowest BCUT2D eigenvalue weighted by Crippen LogP contribution is -2.51. The third kappa shape index (κ3) is 5.34. The van der Waals surface area contributed by atoms with Crippen molar-refractivity contribution in [2.24, 2.45) is 17.4 Å². The standard InChI is InChI=1S/C9H19N3O3/c1-5(2)3-7(9(14)15)12-8(13)6(11)4-10/h5-7H,3-4,10-11H2,1-2H3,(H,12,13)(H,14,15)/t6-,7?/m1/s1. The van der Waals surface area contributed by atoms with Crippen LogP contribution in [0.3, 0.4) is 0 Å². The zero-order valence-corrected chi connectivity index (χ0v) is 9.06. The van der Waals surface area contributed by atoms with Crippen LogP contribution in [0.2, 0.25) is 0 Å². The normalized spacial score (nSPS) is 14.7. The lowest BCUT2D eigenvalue weighted by Gasteiger charge is -2.18. The maximum atomic E-state index is 11.3. The van der Waals surface area contributed by atoms with Gasteiger partial charge in [0.05, 0.1) is 6.04 Å². The van der Waals surface area contributed by atoms with Gasteiger partial charge in [-0.05, 0) is 12.3 Å². The van der Waals surface area contributed by atoms with E-state index >= 15 is 0 Å². The zero-order valence-electron chi connectivity index (χ0n) is 9.06. The van der Waals surface area contributed by atoms with Gasteiger partial charge in [-0.3, -0.25) is 4.79 Å². The van der Waals surface area contributed by atoms with Gasteiger partial charge in [0.15, 0.2) is 0 Å². The summed E-state index contributed by atoms with van der Waals surface area (Å²) in [5.74, 6) is -1.40. The van der Waals surface area contributed by atoms with Crippen LogP contribution in [0.1, 0.15) is 20.3 Å². The fourth-order valence-electron chi connectivity index (χ4n) is 1.08. The fourth-order valence-corrected chi connectivity index (χ4v) is 1.08. The first-order valence-electron chi connectivity index (χ1n) is 4.87. The highest BCUT2D eigenvalue weighted by Crippen LogP contribution is 2.04. The summed E-state index contributed by atoms with van der Waals surface area (Å²) >= 11 is 0. The summed E-state index contributed by atoms with van der Waals surface area (Å²) in [6.45, 7) is 3.76. The average molecular weight is 217 g/mol. The van der Waals surface area contributed by atoms with Crippen LogP contribution < -0.4 is 16.8 Å². The van der Waals surface area contributed by atoms with E-state index in [4.69, 9.17) is 16.6 Å². The molecule has 88 valence electrons. The van der Waals surface area contributed by atoms with Gasteiger partial charge in [0.2, 0.25) is 5.91 Å². The molecule has 6 N–H and O–H groups in total. The summed E-state index contributed by atoms with van der Waals surface area (Å²) in [6.07, 6.45) is 0.373. The van der Waals surface area contributed by atoms with Gasteiger partial charge >= 0.3 is 5.97 Å². The minimum Gasteiger partial charge on any atom is -0.480 e. The number of nitrogens with one attached hydrogen (secondary N) is 1. The lowest BCUT2D eigenvalue weighted by atomic mass is 10.0. The van der Waals surface area contributed by atoms with Crippen LogP contribution in [0.5, 0.6) is 0 Å². The Morgan fingerprint density at radius 1 is 1.40 bits per heavy atom. The van der Waals surface area contributed by atoms with E-state index in [1.807, 2.05) is 13.8 Å². The Balaban J connectivity index is 4.29. The number of aliphatic carboxylic acids is 1. The molecule has 0 saturated carbocycles. The molecule has 0 spiro atoms. The van der Waals surface area contributed by atoms with Crippen LogP contribution in [-0.2, 0) is 9.59 Å². The average Bonchev–Trinajstić information content (AvgIpc) is 2.14. The van der Waals surface area contributed by atoms with E-state index in [1.54, 1.807) is 0 Å². The van der Waals surface area contributed by atoms with Crippen LogP contribution in [0, 0.1) is 5.92 Å². The molecule has 1 amide bonds. The van der Waals surface area contributed by atoms with Gasteiger partial charge < -0.3 is 21.9 Å². The fraction of sp³-hybridized carbons (Fsp3) is 0.778. The Kier molecular flexibility index (Phi) is 5.88. The number of carboxylic acids is 1. The molecule has 0 radical (unpaired) electrons. The third-order valence-electron chi connectivity index (χ3n) is 1.91. The van der Waals surface area contributed by atoms with E-state index in [1.165, 1.54) is 0 Å². The summed E-state index contributed by atoms with van der Waals surface area (Å²) in [6, 6.07) is -1.74. The van der Waals surface area contributed by atoms with Crippen molar-refractivity contribution in [3.05, 3.63) is 0 Å². The van der Waals surface area contributed by atoms with Gasteiger partial charge in [-0.2, -0.15) is 0 Å². The molecule has 1 unspecified atom stereocenters. The van der Waals surface area contributed by atoms with Crippen LogP contribution in [0.25, 0.3) is 0 Å². The minimum absolute atomic E-state index is 0.000148. The van der Waals surface area contributed by atoms with Crippen molar-refractivity contribution < 1.29 is 14.7 Å². The van der Waals surface area contributed by atoms with Gasteiger partial charge in [-0.25, -0.2) is 4.79 Å². The van der Waals surface area contributed by atoms with E-state index in [2.05, 4.69) is 5.32 Å². The molecule has 0 aromatic heterocycles. The number of hydrogen-bond acceptors (Lipinski definition) is 4. The molecular weight excluding hydrogens is 198 g/mol. The number of nitrogens with two attached hydrogens (primary N) is 2. The first-order valence-corrected chi connectivity index (χ1v) is 4.87. The highest BCUT2D eigenvalue weighted by Gasteiger charge is 2.23. The summed E-state index contributed by atoms with van der Waals surface area (Å²) in [7, 11) is 0. The second kappa shape index (κ2) is 6.36. The number of amides is 1. The molecule has 0 bridgehead atoms. The molecule has 0 aromatic carbocycles. The quantitative estimate of drug-likeness (QED) is 0.450. The van der Waals surface area contributed by atoms with Crippen molar-refractivity contribution >= 4 is 11.9 Å². The van der Waals surface area contributed by atoms with Crippen molar-refractivity contribution in [2.45, 2.75) is 32.4 Å². The zero-order chi connectivity index (χ0) is 12.0. The van der Waals surface area contributed by atoms with Crippen molar-refractivity contribution in [3.63, 3.8) is 0 Å². The summed E-state index contributed by atoms with van der Waals surface area (Å²) in [5, 5.41) is 11.2. The van der Waals surface area contributed by atoms with E-state index in [0.29, 0.717) is 6.42 Å². The van der Waals surface area contributed by atoms with Crippen LogP contribution in [0.15, 0.2) is 0 Å². The van der Waals surface area contributed by atoms with Gasteiger partial charge in [0.25, 0.3) is 0 Å². The lowest BCUT2D eigenvalue weighted by molar-refractivity contribution is -0.142. The van der Waals surface area contributed by atoms with Crippen LogP contribution in [0.4, 0.5) is 0 Å². The molecule has 6 nitrogen and oxygen atoms in total. The second-order valence-corrected chi connectivity index (χ2v) is 3.87. The number of hydrogen-bond donors (Lipinski definition) is 4. The van der Waals surface area contributed by atoms with E-state index < -0.39 is 24.0 Å². The second-order valence-electron chi connectivity index (χ2n) is 3.87. The van der Waals surface area contributed by atoms with E-state index in [9.17, 15) is 9.59 Å². The largest absolute Gasteiger partial charge is 0.480 e. The molecule has 0 aliphatic rings. The predicted molar refractivity (Wildman–Crippen MR) is 56.1 cm³/mol. The number of carboxylic acid groups (broad SMARTS) is 1. The van der Waals surface area contributed by atoms with Crippen molar-refractivity contribution in [1.82, 2.24) is 5.32 Å². The maximum absolute atomic E-state index is 11.3. The van der Waals surface area contributed by atoms with Crippen LogP contribution in [-0.4, -0.2) is 35.6 Å². The van der Waals surface area contributed by atoms with E-state index in [-0.39, 0.29) is 12.5 Å². The SMILES string of the molecule is CC(C)CC(NC(=O)[C@H](N)CN)C(=O)O. The number of carbonyl (C=O) groups excluding carboxylic acids is 1. The van der Waals surface area contributed by atoms with Crippen molar-refractivity contribution in [3.8, 4) is 0 Å². The van der Waals surface area contributed by atoms with Gasteiger partial charge in [-0.15, -0.1) is 0 Å². The molecule has 0 aliphatic carbocycles. The maximum Gasteiger partial charge on any atom is 0.326 e. The molecule has 0 heterocycles. The molecular formula is C9H19N3O3. The van der Waals surface area contributed by atoms with E-state index in [0.717, 1.165) is 0 Å². The topological polar surface area (TPSA) is 118 Å². The van der Waals surface area contributed by atoms with Crippen molar-refractivity contribution in [2.75, 3.05) is 6.54 Å². The number of rotatable bonds is 6. The monoisotopic (exact) mass is 217 g/mol. The third-order valence-corrected chi connectivity index (χ3v) is 1.91. The number of carbonyl (C=O) groups is 2. The Labute approximate surface area is 89.0 Å². The summed E-state index contributed by atoms with van der Waals surface area (Å²) in [5.41, 5.74) is 10.6.